The van der Waals surface area contributed by atoms with Crippen LogP contribution in [0.25, 0.3) is 0 Å². The zero-order chi connectivity index (χ0) is 26.7. The predicted octanol–water partition coefficient (Wildman–Crippen LogP) is 1.50. The molecule has 1 heterocycles. The number of aromatic amines is 1. The molecule has 36 heavy (non-hydrogen) atoms. The van der Waals surface area contributed by atoms with Gasteiger partial charge in [-0.15, -0.1) is 0 Å². The van der Waals surface area contributed by atoms with E-state index in [4.69, 9.17) is 9.47 Å². The number of benzene rings is 1. The molecule has 2 aromatic rings. The van der Waals surface area contributed by atoms with E-state index in [0.29, 0.717) is 0 Å². The van der Waals surface area contributed by atoms with Gasteiger partial charge in [0.15, 0.2) is 0 Å². The number of carbonyl (C=O) groups is 4. The number of carbonyl (C=O) groups excluding carboxylic acids is 3. The van der Waals surface area contributed by atoms with Crippen LogP contribution in [0.4, 0.5) is 15.4 Å². The lowest BCUT2D eigenvalue weighted by Crippen LogP contribution is -2.43. The van der Waals surface area contributed by atoms with E-state index in [2.05, 4.69) is 20.6 Å². The van der Waals surface area contributed by atoms with Crippen LogP contribution in [0.2, 0.25) is 0 Å². The van der Waals surface area contributed by atoms with Crippen molar-refractivity contribution >= 4 is 29.9 Å². The number of nitrogens with one attached hydrogen (secondary N) is 3. The molecule has 0 fully saturated rings. The van der Waals surface area contributed by atoms with Gasteiger partial charge in [0.25, 0.3) is 0 Å². The number of aliphatic carboxylic acids is 1. The van der Waals surface area contributed by atoms with Gasteiger partial charge in [0.2, 0.25) is 5.91 Å². The first-order valence-electron chi connectivity index (χ1n) is 11.0. The summed E-state index contributed by atoms with van der Waals surface area (Å²) in [5.74, 6) is -2.10. The second-order valence-corrected chi connectivity index (χ2v) is 8.58. The number of amides is 3. The molecule has 2 rings (SSSR count). The van der Waals surface area contributed by atoms with E-state index in [1.165, 1.54) is 6.20 Å². The lowest BCUT2D eigenvalue weighted by atomic mass is 10.2. The third kappa shape index (κ3) is 10.2. The van der Waals surface area contributed by atoms with Crippen LogP contribution in [0.3, 0.4) is 0 Å². The van der Waals surface area contributed by atoms with Gasteiger partial charge in [0.05, 0.1) is 6.42 Å². The van der Waals surface area contributed by atoms with Crippen molar-refractivity contribution < 1.29 is 33.8 Å². The SMILES string of the molecule is CC(C)(C)OC(=O)NCCN(CC(=O)O)C(=O)Cc1c[nH]c(=O)nc1NC(=O)OCc1ccccc1. The standard InChI is InChI=1S/C23H29N5O8/c1-23(2,3)36-21(33)24-9-10-28(13-18(30)31)17(29)11-16-12-25-20(32)26-19(16)27-22(34)35-14-15-7-5-4-6-8-15/h4-8,12H,9-11,13-14H2,1-3H3,(H,24,33)(H,30,31)(H2,25,26,27,32,34). The minimum atomic E-state index is -1.26. The van der Waals surface area contributed by atoms with Crippen molar-refractivity contribution in [3.63, 3.8) is 0 Å². The number of hydrogen-bond acceptors (Lipinski definition) is 8. The molecule has 0 spiro atoms. The number of H-pyrrole nitrogens is 1. The molecule has 0 saturated carbocycles. The van der Waals surface area contributed by atoms with E-state index < -0.39 is 48.3 Å². The fourth-order valence-electron chi connectivity index (χ4n) is 2.86. The lowest BCUT2D eigenvalue weighted by Gasteiger charge is -2.23. The topological polar surface area (TPSA) is 180 Å². The summed E-state index contributed by atoms with van der Waals surface area (Å²) >= 11 is 0. The number of carboxylic acid groups (broad SMARTS) is 1. The highest BCUT2D eigenvalue weighted by Crippen LogP contribution is 2.12. The second-order valence-electron chi connectivity index (χ2n) is 8.58. The van der Waals surface area contributed by atoms with Crippen LogP contribution < -0.4 is 16.3 Å². The molecule has 1 aromatic carbocycles. The van der Waals surface area contributed by atoms with Gasteiger partial charge < -0.3 is 29.8 Å². The highest BCUT2D eigenvalue weighted by atomic mass is 16.6. The van der Waals surface area contributed by atoms with Crippen LogP contribution in [-0.4, -0.2) is 69.3 Å². The number of alkyl carbamates (subject to hydrolysis) is 1. The van der Waals surface area contributed by atoms with Crippen LogP contribution >= 0.6 is 0 Å². The highest BCUT2D eigenvalue weighted by molar-refractivity contribution is 5.87. The summed E-state index contributed by atoms with van der Waals surface area (Å²) in [6.07, 6.45) is -0.805. The van der Waals surface area contributed by atoms with Crippen molar-refractivity contribution in [2.24, 2.45) is 0 Å². The zero-order valence-corrected chi connectivity index (χ0v) is 20.2. The van der Waals surface area contributed by atoms with E-state index >= 15 is 0 Å². The Labute approximate surface area is 206 Å². The van der Waals surface area contributed by atoms with Crippen LogP contribution in [0.15, 0.2) is 41.3 Å². The van der Waals surface area contributed by atoms with Gasteiger partial charge in [-0.05, 0) is 26.3 Å². The molecule has 13 heteroatoms. The largest absolute Gasteiger partial charge is 0.480 e. The summed E-state index contributed by atoms with van der Waals surface area (Å²) < 4.78 is 10.2. The molecule has 0 bridgehead atoms. The van der Waals surface area contributed by atoms with Gasteiger partial charge >= 0.3 is 23.8 Å². The molecule has 1 aromatic heterocycles. The maximum absolute atomic E-state index is 12.8. The molecular weight excluding hydrogens is 474 g/mol. The Morgan fingerprint density at radius 1 is 1.11 bits per heavy atom. The van der Waals surface area contributed by atoms with Gasteiger partial charge in [0.1, 0.15) is 24.6 Å². The molecule has 13 nitrogen and oxygen atoms in total. The third-order valence-electron chi connectivity index (χ3n) is 4.39. The summed E-state index contributed by atoms with van der Waals surface area (Å²) in [4.78, 5) is 66.8. The minimum Gasteiger partial charge on any atom is -0.480 e. The molecule has 194 valence electrons. The van der Waals surface area contributed by atoms with Crippen molar-refractivity contribution in [2.45, 2.75) is 39.4 Å². The number of anilines is 1. The molecule has 0 unspecified atom stereocenters. The van der Waals surface area contributed by atoms with Crippen molar-refractivity contribution in [3.05, 3.63) is 58.1 Å². The van der Waals surface area contributed by atoms with Crippen LogP contribution in [0.5, 0.6) is 0 Å². The first kappa shape index (κ1) is 27.8. The number of rotatable bonds is 10. The van der Waals surface area contributed by atoms with E-state index in [1.807, 2.05) is 6.07 Å². The molecule has 0 aliphatic rings. The lowest BCUT2D eigenvalue weighted by molar-refractivity contribution is -0.144. The molecular formula is C23H29N5O8. The molecule has 4 N–H and O–H groups in total. The second kappa shape index (κ2) is 12.9. The predicted molar refractivity (Wildman–Crippen MR) is 127 cm³/mol. The first-order valence-corrected chi connectivity index (χ1v) is 11.0. The van der Waals surface area contributed by atoms with Crippen molar-refractivity contribution in [1.82, 2.24) is 20.2 Å². The average molecular weight is 504 g/mol. The highest BCUT2D eigenvalue weighted by Gasteiger charge is 2.21. The Hall–Kier alpha value is -4.42. The van der Waals surface area contributed by atoms with Crippen LogP contribution in [-0.2, 0) is 32.1 Å². The molecule has 0 radical (unpaired) electrons. The molecule has 0 atom stereocenters. The van der Waals surface area contributed by atoms with Gasteiger partial charge in [-0.2, -0.15) is 4.98 Å². The fourth-order valence-corrected chi connectivity index (χ4v) is 2.86. The van der Waals surface area contributed by atoms with Gasteiger partial charge in [-0.25, -0.2) is 14.4 Å². The maximum atomic E-state index is 12.8. The third-order valence-corrected chi connectivity index (χ3v) is 4.39. The first-order chi connectivity index (χ1) is 16.9. The smallest absolute Gasteiger partial charge is 0.413 e. The Kier molecular flexibility index (Phi) is 9.95. The van der Waals surface area contributed by atoms with Gasteiger partial charge in [-0.1, -0.05) is 30.3 Å². The van der Waals surface area contributed by atoms with E-state index in [1.54, 1.807) is 45.0 Å². The van der Waals surface area contributed by atoms with E-state index in [-0.39, 0.29) is 31.1 Å². The number of aromatic nitrogens is 2. The summed E-state index contributed by atoms with van der Waals surface area (Å²) in [5, 5.41) is 14.0. The molecule has 0 aliphatic carbocycles. The number of ether oxygens (including phenoxy) is 2. The fraction of sp³-hybridized carbons (Fsp3) is 0.391. The number of hydrogen-bond donors (Lipinski definition) is 4. The van der Waals surface area contributed by atoms with Gasteiger partial charge in [-0.3, -0.25) is 14.9 Å². The molecule has 3 amide bonds. The van der Waals surface area contributed by atoms with Crippen LogP contribution in [0, 0.1) is 0 Å². The van der Waals surface area contributed by atoms with Crippen LogP contribution in [0.1, 0.15) is 31.9 Å². The zero-order valence-electron chi connectivity index (χ0n) is 20.2. The molecule has 0 aliphatic heterocycles. The number of nitrogens with zero attached hydrogens (tertiary/aromatic N) is 2. The van der Waals surface area contributed by atoms with Gasteiger partial charge in [0, 0.05) is 24.8 Å². The molecule has 0 saturated heterocycles. The minimum absolute atomic E-state index is 0.0266. The Morgan fingerprint density at radius 2 is 1.81 bits per heavy atom. The summed E-state index contributed by atoms with van der Waals surface area (Å²) in [7, 11) is 0. The summed E-state index contributed by atoms with van der Waals surface area (Å²) in [5.41, 5.74) is -0.615. The van der Waals surface area contributed by atoms with E-state index in [0.717, 1.165) is 10.5 Å². The Bertz CT molecular complexity index is 1130. The quantitative estimate of drug-likeness (QED) is 0.374. The van der Waals surface area contributed by atoms with E-state index in [9.17, 15) is 29.1 Å². The summed E-state index contributed by atoms with van der Waals surface area (Å²) in [6, 6.07) is 8.90. The Morgan fingerprint density at radius 3 is 2.44 bits per heavy atom. The maximum Gasteiger partial charge on any atom is 0.413 e. The number of carboxylic acids is 1. The Balaban J connectivity index is 2.03. The van der Waals surface area contributed by atoms with Crippen molar-refractivity contribution in [2.75, 3.05) is 25.0 Å². The monoisotopic (exact) mass is 503 g/mol. The van der Waals surface area contributed by atoms with Crippen molar-refractivity contribution in [3.8, 4) is 0 Å². The average Bonchev–Trinajstić information content (AvgIpc) is 2.78. The summed E-state index contributed by atoms with van der Waals surface area (Å²) in [6.45, 7) is 4.23. The van der Waals surface area contributed by atoms with Crippen molar-refractivity contribution in [1.29, 1.82) is 0 Å². The normalized spacial score (nSPS) is 10.8.